The minimum atomic E-state index is 0.891. The van der Waals surface area contributed by atoms with Gasteiger partial charge in [0.2, 0.25) is 0 Å². The molecule has 3 rings (SSSR count). The van der Waals surface area contributed by atoms with Crippen LogP contribution in [0.3, 0.4) is 0 Å². The quantitative estimate of drug-likeness (QED) is 0.645. The predicted molar refractivity (Wildman–Crippen MR) is 70.6 cm³/mol. The van der Waals surface area contributed by atoms with Gasteiger partial charge in [0.1, 0.15) is 0 Å². The van der Waals surface area contributed by atoms with Crippen molar-refractivity contribution in [3.8, 4) is 0 Å². The van der Waals surface area contributed by atoms with E-state index in [1.165, 1.54) is 0 Å². The Morgan fingerprint density at radius 1 is 0.941 bits per heavy atom. The van der Waals surface area contributed by atoms with E-state index in [1.807, 2.05) is 59.4 Å². The predicted octanol–water partition coefficient (Wildman–Crippen LogP) is 3.56. The first-order valence-electron chi connectivity index (χ1n) is 5.54. The van der Waals surface area contributed by atoms with Gasteiger partial charge in [-0.25, -0.2) is 4.68 Å². The van der Waals surface area contributed by atoms with Crippen LogP contribution in [-0.4, -0.2) is 9.78 Å². The molecule has 0 aliphatic heterocycles. The lowest BCUT2D eigenvalue weighted by Crippen LogP contribution is -1.97. The number of hydrogen-bond donors (Lipinski definition) is 0. The largest absolute Gasteiger partial charge is 0.240 e. The average molecular weight is 220 g/mol. The van der Waals surface area contributed by atoms with Crippen LogP contribution in [0.2, 0.25) is 0 Å². The third-order valence-electron chi connectivity index (χ3n) is 2.80. The van der Waals surface area contributed by atoms with E-state index in [0.29, 0.717) is 0 Å². The van der Waals surface area contributed by atoms with Crippen molar-refractivity contribution in [3.63, 3.8) is 0 Å². The fourth-order valence-electron chi connectivity index (χ4n) is 1.87. The Kier molecular flexibility index (Phi) is 2.26. The Labute approximate surface area is 99.8 Å². The molecule has 0 aliphatic carbocycles. The minimum absolute atomic E-state index is 0.891. The second kappa shape index (κ2) is 3.91. The monoisotopic (exact) mass is 220 g/mol. The molecule has 0 aliphatic rings. The van der Waals surface area contributed by atoms with Crippen molar-refractivity contribution in [1.29, 1.82) is 0 Å². The zero-order valence-corrected chi connectivity index (χ0v) is 9.38. The van der Waals surface area contributed by atoms with Gasteiger partial charge in [0.05, 0.1) is 11.2 Å². The molecule has 0 atom stereocenters. The molecule has 0 spiro atoms. The van der Waals surface area contributed by atoms with Crippen molar-refractivity contribution < 1.29 is 0 Å². The van der Waals surface area contributed by atoms with E-state index in [1.54, 1.807) is 0 Å². The molecule has 0 saturated heterocycles. The van der Waals surface area contributed by atoms with E-state index in [0.717, 1.165) is 22.2 Å². The molecule has 0 amide bonds. The van der Waals surface area contributed by atoms with Crippen LogP contribution in [0.1, 0.15) is 5.56 Å². The zero-order valence-electron chi connectivity index (χ0n) is 9.38. The molecule has 0 unspecified atom stereocenters. The summed E-state index contributed by atoms with van der Waals surface area (Å²) in [6, 6.07) is 18.1. The highest BCUT2D eigenvalue weighted by Gasteiger charge is 2.04. The lowest BCUT2D eigenvalue weighted by Gasteiger charge is -2.04. The van der Waals surface area contributed by atoms with Crippen molar-refractivity contribution >= 4 is 16.6 Å². The molecular weight excluding hydrogens is 208 g/mol. The summed E-state index contributed by atoms with van der Waals surface area (Å²) in [6.07, 6.45) is 2.00. The molecule has 1 heterocycles. The molecule has 0 radical (unpaired) electrons. The summed E-state index contributed by atoms with van der Waals surface area (Å²) in [5, 5.41) is 5.64. The average Bonchev–Trinajstić information content (AvgIpc) is 2.82. The topological polar surface area (TPSA) is 17.8 Å². The van der Waals surface area contributed by atoms with E-state index in [2.05, 4.69) is 17.7 Å². The van der Waals surface area contributed by atoms with Gasteiger partial charge < -0.3 is 0 Å². The van der Waals surface area contributed by atoms with Gasteiger partial charge in [0, 0.05) is 11.6 Å². The van der Waals surface area contributed by atoms with E-state index >= 15 is 0 Å². The normalized spacial score (nSPS) is 10.6. The second-order valence-electron chi connectivity index (χ2n) is 3.95. The first kappa shape index (κ1) is 9.85. The van der Waals surface area contributed by atoms with Crippen molar-refractivity contribution in [1.82, 2.24) is 9.78 Å². The molecule has 3 aromatic rings. The summed E-state index contributed by atoms with van der Waals surface area (Å²) in [6.45, 7) is 4.09. The molecule has 0 saturated carbocycles. The highest BCUT2D eigenvalue weighted by atomic mass is 15.3. The molecule has 2 heteroatoms. The van der Waals surface area contributed by atoms with E-state index < -0.39 is 0 Å². The third kappa shape index (κ3) is 1.74. The van der Waals surface area contributed by atoms with Crippen LogP contribution in [-0.2, 0) is 0 Å². The molecular formula is C15H12N2. The zero-order chi connectivity index (χ0) is 11.7. The molecule has 0 N–H and O–H groups in total. The summed E-state index contributed by atoms with van der Waals surface area (Å²) in [5.41, 5.74) is 2.96. The summed E-state index contributed by atoms with van der Waals surface area (Å²) >= 11 is 0. The van der Waals surface area contributed by atoms with Crippen molar-refractivity contribution in [2.75, 3.05) is 0 Å². The van der Waals surface area contributed by atoms with Crippen molar-refractivity contribution in [3.05, 3.63) is 72.9 Å². The van der Waals surface area contributed by atoms with E-state index in [9.17, 15) is 0 Å². The third-order valence-corrected chi connectivity index (χ3v) is 2.80. The fourth-order valence-corrected chi connectivity index (χ4v) is 1.87. The minimum Gasteiger partial charge on any atom is -0.240 e. The van der Waals surface area contributed by atoms with Crippen molar-refractivity contribution in [2.24, 2.45) is 0 Å². The maximum atomic E-state index is 4.51. The first-order chi connectivity index (χ1) is 8.34. The van der Waals surface area contributed by atoms with Gasteiger partial charge in [0.25, 0.3) is 0 Å². The van der Waals surface area contributed by atoms with Crippen LogP contribution in [0.15, 0.2) is 67.4 Å². The van der Waals surface area contributed by atoms with Crippen LogP contribution < -0.4 is 0 Å². The second-order valence-corrected chi connectivity index (χ2v) is 3.95. The van der Waals surface area contributed by atoms with Gasteiger partial charge in [-0.3, -0.25) is 0 Å². The molecule has 1 aromatic heterocycles. The molecule has 17 heavy (non-hydrogen) atoms. The van der Waals surface area contributed by atoms with Gasteiger partial charge in [-0.05, 0) is 11.6 Å². The van der Waals surface area contributed by atoms with Crippen LogP contribution in [0.5, 0.6) is 0 Å². The molecule has 0 bridgehead atoms. The SMILES string of the molecule is C=C(c1ccccc1)n1cc2ccccc2n1. The highest BCUT2D eigenvalue weighted by molar-refractivity contribution is 5.80. The number of aromatic nitrogens is 2. The van der Waals surface area contributed by atoms with Crippen molar-refractivity contribution in [2.45, 2.75) is 0 Å². The fraction of sp³-hybridized carbons (Fsp3) is 0. The maximum Gasteiger partial charge on any atom is 0.0927 e. The van der Waals surface area contributed by atoms with Gasteiger partial charge in [-0.15, -0.1) is 0 Å². The summed E-state index contributed by atoms with van der Waals surface area (Å²) in [7, 11) is 0. The van der Waals surface area contributed by atoms with Crippen LogP contribution in [0.4, 0.5) is 0 Å². The van der Waals surface area contributed by atoms with Gasteiger partial charge in [0.15, 0.2) is 0 Å². The Hall–Kier alpha value is -2.35. The number of rotatable bonds is 2. The van der Waals surface area contributed by atoms with Gasteiger partial charge in [-0.2, -0.15) is 5.10 Å². The molecule has 0 fully saturated rings. The lowest BCUT2D eigenvalue weighted by molar-refractivity contribution is 0.924. The van der Waals surface area contributed by atoms with Crippen LogP contribution >= 0.6 is 0 Å². The highest BCUT2D eigenvalue weighted by Crippen LogP contribution is 2.18. The molecule has 2 aromatic carbocycles. The first-order valence-corrected chi connectivity index (χ1v) is 5.54. The van der Waals surface area contributed by atoms with Crippen LogP contribution in [0.25, 0.3) is 16.6 Å². The maximum absolute atomic E-state index is 4.51. The Bertz CT molecular complexity index is 632. The summed E-state index contributed by atoms with van der Waals surface area (Å²) < 4.78 is 1.83. The molecule has 82 valence electrons. The van der Waals surface area contributed by atoms with Gasteiger partial charge in [-0.1, -0.05) is 55.1 Å². The van der Waals surface area contributed by atoms with E-state index in [4.69, 9.17) is 0 Å². The number of fused-ring (bicyclic) bond motifs is 1. The summed E-state index contributed by atoms with van der Waals surface area (Å²) in [4.78, 5) is 0. The standard InChI is InChI=1S/C15H12N2/c1-12(13-7-3-2-4-8-13)17-11-14-9-5-6-10-15(14)16-17/h2-11H,1H2. The lowest BCUT2D eigenvalue weighted by atomic mass is 10.2. The number of nitrogens with zero attached hydrogens (tertiary/aromatic N) is 2. The molecule has 2 nitrogen and oxygen atoms in total. The van der Waals surface area contributed by atoms with Gasteiger partial charge >= 0.3 is 0 Å². The van der Waals surface area contributed by atoms with E-state index in [-0.39, 0.29) is 0 Å². The van der Waals surface area contributed by atoms with Crippen LogP contribution in [0, 0.1) is 0 Å². The Morgan fingerprint density at radius 2 is 1.65 bits per heavy atom. The Morgan fingerprint density at radius 3 is 2.41 bits per heavy atom. The smallest absolute Gasteiger partial charge is 0.0927 e. The summed E-state index contributed by atoms with van der Waals surface area (Å²) in [5.74, 6) is 0. The number of benzene rings is 2. The number of hydrogen-bond acceptors (Lipinski definition) is 1. The Balaban J connectivity index is 2.07.